The zero-order valence-corrected chi connectivity index (χ0v) is 11.5. The second kappa shape index (κ2) is 6.73. The highest BCUT2D eigenvalue weighted by Crippen LogP contribution is 2.17. The van der Waals surface area contributed by atoms with Gasteiger partial charge < -0.3 is 10.0 Å². The van der Waals surface area contributed by atoms with Crippen LogP contribution in [0.1, 0.15) is 24.8 Å². The Morgan fingerprint density at radius 2 is 2.32 bits per heavy atom. The van der Waals surface area contributed by atoms with E-state index in [1.165, 1.54) is 0 Å². The van der Waals surface area contributed by atoms with Crippen molar-refractivity contribution in [2.24, 2.45) is 0 Å². The van der Waals surface area contributed by atoms with Gasteiger partial charge in [0.15, 0.2) is 0 Å². The van der Waals surface area contributed by atoms with Gasteiger partial charge in [-0.15, -0.1) is 0 Å². The van der Waals surface area contributed by atoms with Crippen molar-refractivity contribution in [2.45, 2.75) is 25.3 Å². The summed E-state index contributed by atoms with van der Waals surface area (Å²) >= 11 is 5.89. The SMILES string of the molecule is O=C(/C=C/c1cccc(Cl)c1)N1CCCCC1CO. The molecule has 1 aliphatic rings. The van der Waals surface area contributed by atoms with E-state index in [1.54, 1.807) is 23.1 Å². The summed E-state index contributed by atoms with van der Waals surface area (Å²) < 4.78 is 0. The minimum Gasteiger partial charge on any atom is -0.394 e. The minimum absolute atomic E-state index is 0.0368. The van der Waals surface area contributed by atoms with Crippen LogP contribution < -0.4 is 0 Å². The summed E-state index contributed by atoms with van der Waals surface area (Å²) in [6.45, 7) is 0.765. The number of amides is 1. The predicted octanol–water partition coefficient (Wildman–Crippen LogP) is 2.73. The van der Waals surface area contributed by atoms with E-state index in [2.05, 4.69) is 0 Å². The van der Waals surface area contributed by atoms with Crippen molar-refractivity contribution < 1.29 is 9.90 Å². The van der Waals surface area contributed by atoms with Crippen LogP contribution in [0.5, 0.6) is 0 Å². The Morgan fingerprint density at radius 3 is 3.05 bits per heavy atom. The third-order valence-electron chi connectivity index (χ3n) is 3.39. The molecular formula is C15H18ClNO2. The molecule has 1 fully saturated rings. The molecule has 1 aliphatic heterocycles. The van der Waals surface area contributed by atoms with Gasteiger partial charge in [-0.1, -0.05) is 23.7 Å². The number of carbonyl (C=O) groups excluding carboxylic acids is 1. The van der Waals surface area contributed by atoms with Gasteiger partial charge >= 0.3 is 0 Å². The van der Waals surface area contributed by atoms with Crippen LogP contribution >= 0.6 is 11.6 Å². The molecule has 0 bridgehead atoms. The summed E-state index contributed by atoms with van der Waals surface area (Å²) in [7, 11) is 0. The topological polar surface area (TPSA) is 40.5 Å². The van der Waals surface area contributed by atoms with Crippen molar-refractivity contribution in [3.8, 4) is 0 Å². The van der Waals surface area contributed by atoms with E-state index < -0.39 is 0 Å². The van der Waals surface area contributed by atoms with Gasteiger partial charge in [0.2, 0.25) is 5.91 Å². The molecule has 1 N–H and O–H groups in total. The Bertz CT molecular complexity index is 473. The molecule has 1 heterocycles. The van der Waals surface area contributed by atoms with Crippen molar-refractivity contribution in [3.63, 3.8) is 0 Å². The number of aliphatic hydroxyl groups excluding tert-OH is 1. The van der Waals surface area contributed by atoms with Crippen molar-refractivity contribution in [3.05, 3.63) is 40.9 Å². The first kappa shape index (κ1) is 14.1. The predicted molar refractivity (Wildman–Crippen MR) is 76.9 cm³/mol. The van der Waals surface area contributed by atoms with Crippen LogP contribution in [0.15, 0.2) is 30.3 Å². The molecule has 3 nitrogen and oxygen atoms in total. The van der Waals surface area contributed by atoms with Crippen LogP contribution in [0.3, 0.4) is 0 Å². The monoisotopic (exact) mass is 279 g/mol. The molecule has 19 heavy (non-hydrogen) atoms. The number of likely N-dealkylation sites (tertiary alicyclic amines) is 1. The lowest BCUT2D eigenvalue weighted by Crippen LogP contribution is -2.44. The van der Waals surface area contributed by atoms with E-state index in [1.807, 2.05) is 18.2 Å². The number of piperidine rings is 1. The molecule has 102 valence electrons. The summed E-state index contributed by atoms with van der Waals surface area (Å²) in [5.74, 6) is -0.0428. The number of carbonyl (C=O) groups is 1. The molecule has 0 saturated carbocycles. The second-order valence-corrected chi connectivity index (χ2v) is 5.19. The number of hydrogen-bond acceptors (Lipinski definition) is 2. The van der Waals surface area contributed by atoms with Gasteiger partial charge in [-0.25, -0.2) is 0 Å². The molecule has 1 unspecified atom stereocenters. The van der Waals surface area contributed by atoms with Crippen LogP contribution in [-0.4, -0.2) is 35.1 Å². The average molecular weight is 280 g/mol. The third-order valence-corrected chi connectivity index (χ3v) is 3.62. The van der Waals surface area contributed by atoms with Crippen LogP contribution in [-0.2, 0) is 4.79 Å². The largest absolute Gasteiger partial charge is 0.394 e. The fraction of sp³-hybridized carbons (Fsp3) is 0.400. The lowest BCUT2D eigenvalue weighted by Gasteiger charge is -2.33. The van der Waals surface area contributed by atoms with Crippen molar-refractivity contribution >= 4 is 23.6 Å². The summed E-state index contributed by atoms with van der Waals surface area (Å²) in [6.07, 6.45) is 6.28. The quantitative estimate of drug-likeness (QED) is 0.865. The molecule has 1 atom stereocenters. The number of aliphatic hydroxyl groups is 1. The molecule has 0 aliphatic carbocycles. The van der Waals surface area contributed by atoms with Crippen LogP contribution in [0.25, 0.3) is 6.08 Å². The Morgan fingerprint density at radius 1 is 1.47 bits per heavy atom. The molecule has 2 rings (SSSR count). The fourth-order valence-corrected chi connectivity index (χ4v) is 2.55. The first-order chi connectivity index (χ1) is 9.20. The zero-order valence-electron chi connectivity index (χ0n) is 10.8. The highest BCUT2D eigenvalue weighted by molar-refractivity contribution is 6.30. The maximum absolute atomic E-state index is 12.1. The fourth-order valence-electron chi connectivity index (χ4n) is 2.35. The number of halogens is 1. The van der Waals surface area contributed by atoms with Crippen LogP contribution in [0.4, 0.5) is 0 Å². The number of nitrogens with zero attached hydrogens (tertiary/aromatic N) is 1. The highest BCUT2D eigenvalue weighted by Gasteiger charge is 2.24. The Balaban J connectivity index is 2.03. The van der Waals surface area contributed by atoms with Gasteiger partial charge in [0.05, 0.1) is 12.6 Å². The molecule has 0 aromatic heterocycles. The standard InChI is InChI=1S/C15H18ClNO2/c16-13-5-3-4-12(10-13)7-8-15(19)17-9-2-1-6-14(17)11-18/h3-5,7-8,10,14,18H,1-2,6,9,11H2/b8-7+. The molecule has 1 amide bonds. The average Bonchev–Trinajstić information content (AvgIpc) is 2.45. The Hall–Kier alpha value is -1.32. The summed E-state index contributed by atoms with van der Waals surface area (Å²) in [4.78, 5) is 13.9. The lowest BCUT2D eigenvalue weighted by atomic mass is 10.0. The normalized spacial score (nSPS) is 19.9. The van der Waals surface area contributed by atoms with E-state index in [-0.39, 0.29) is 18.6 Å². The van der Waals surface area contributed by atoms with Crippen molar-refractivity contribution in [2.75, 3.05) is 13.2 Å². The van der Waals surface area contributed by atoms with E-state index in [9.17, 15) is 9.90 Å². The third kappa shape index (κ3) is 3.82. The van der Waals surface area contributed by atoms with Gasteiger partial charge in [-0.3, -0.25) is 4.79 Å². The second-order valence-electron chi connectivity index (χ2n) is 4.75. The minimum atomic E-state index is -0.0428. The molecule has 0 radical (unpaired) electrons. The summed E-state index contributed by atoms with van der Waals surface area (Å²) in [5.41, 5.74) is 0.901. The molecule has 1 saturated heterocycles. The van der Waals surface area contributed by atoms with Gasteiger partial charge in [0, 0.05) is 17.6 Å². The van der Waals surface area contributed by atoms with Crippen LogP contribution in [0, 0.1) is 0 Å². The molecular weight excluding hydrogens is 262 g/mol. The number of rotatable bonds is 3. The van der Waals surface area contributed by atoms with E-state index in [0.29, 0.717) is 5.02 Å². The Labute approximate surface area is 118 Å². The van der Waals surface area contributed by atoms with Gasteiger partial charge in [0.1, 0.15) is 0 Å². The van der Waals surface area contributed by atoms with E-state index >= 15 is 0 Å². The smallest absolute Gasteiger partial charge is 0.246 e. The van der Waals surface area contributed by atoms with E-state index in [4.69, 9.17) is 11.6 Å². The molecule has 1 aromatic rings. The first-order valence-corrected chi connectivity index (χ1v) is 6.93. The Kier molecular flexibility index (Phi) is 5.00. The van der Waals surface area contributed by atoms with Crippen molar-refractivity contribution in [1.29, 1.82) is 0 Å². The molecule has 4 heteroatoms. The number of hydrogen-bond donors (Lipinski definition) is 1. The molecule has 0 spiro atoms. The highest BCUT2D eigenvalue weighted by atomic mass is 35.5. The zero-order chi connectivity index (χ0) is 13.7. The molecule has 1 aromatic carbocycles. The maximum Gasteiger partial charge on any atom is 0.246 e. The maximum atomic E-state index is 12.1. The summed E-state index contributed by atoms with van der Waals surface area (Å²) in [6, 6.07) is 7.32. The first-order valence-electron chi connectivity index (χ1n) is 6.56. The lowest BCUT2D eigenvalue weighted by molar-refractivity contribution is -0.130. The van der Waals surface area contributed by atoms with Gasteiger partial charge in [-0.05, 0) is 43.0 Å². The summed E-state index contributed by atoms with van der Waals surface area (Å²) in [5, 5.41) is 9.95. The van der Waals surface area contributed by atoms with Crippen LogP contribution in [0.2, 0.25) is 5.02 Å². The number of benzene rings is 1. The van der Waals surface area contributed by atoms with Crippen molar-refractivity contribution in [1.82, 2.24) is 4.90 Å². The van der Waals surface area contributed by atoms with Gasteiger partial charge in [0.25, 0.3) is 0 Å². The van der Waals surface area contributed by atoms with E-state index in [0.717, 1.165) is 31.4 Å². The van der Waals surface area contributed by atoms with Gasteiger partial charge in [-0.2, -0.15) is 0 Å².